The number of aromatic carboxylic acids is 1. The molecule has 27 heavy (non-hydrogen) atoms. The number of anilines is 1. The third-order valence-electron chi connectivity index (χ3n) is 3.96. The Bertz CT molecular complexity index is 958. The van der Waals surface area contributed by atoms with E-state index in [1.54, 1.807) is 31.2 Å². The molecule has 0 saturated carbocycles. The predicted molar refractivity (Wildman–Crippen MR) is 104 cm³/mol. The van der Waals surface area contributed by atoms with E-state index in [0.29, 0.717) is 29.3 Å². The minimum atomic E-state index is -1.06. The molecule has 3 rings (SSSR count). The Balaban J connectivity index is 1.84. The molecule has 0 atom stereocenters. The zero-order valence-corrected chi connectivity index (χ0v) is 14.8. The van der Waals surface area contributed by atoms with E-state index in [1.807, 2.05) is 24.3 Å². The highest BCUT2D eigenvalue weighted by Crippen LogP contribution is 2.26. The van der Waals surface area contributed by atoms with Gasteiger partial charge in [-0.2, -0.15) is 10.1 Å². The summed E-state index contributed by atoms with van der Waals surface area (Å²) in [6, 6.07) is 13.4. The Hall–Kier alpha value is -3.67. The molecule has 0 aromatic heterocycles. The van der Waals surface area contributed by atoms with Crippen molar-refractivity contribution in [1.82, 2.24) is 0 Å². The van der Waals surface area contributed by atoms with Crippen LogP contribution >= 0.6 is 0 Å². The van der Waals surface area contributed by atoms with E-state index in [9.17, 15) is 9.59 Å². The van der Waals surface area contributed by atoms with Crippen LogP contribution in [0, 0.1) is 0 Å². The molecule has 0 saturated heterocycles. The number of rotatable bonds is 6. The van der Waals surface area contributed by atoms with E-state index < -0.39 is 5.97 Å². The number of nitrogens with zero attached hydrogens (tertiary/aromatic N) is 2. The van der Waals surface area contributed by atoms with Gasteiger partial charge in [-0.05, 0) is 48.9 Å². The summed E-state index contributed by atoms with van der Waals surface area (Å²) in [5, 5.41) is 14.6. The number of carboxylic acid groups (broad SMARTS) is 1. The summed E-state index contributed by atoms with van der Waals surface area (Å²) in [6.45, 7) is 5.77. The smallest absolute Gasteiger partial charge is 0.335 e. The number of carbonyl (C=O) groups excluding carboxylic acids is 1. The van der Waals surface area contributed by atoms with E-state index in [2.05, 4.69) is 11.7 Å². The van der Waals surface area contributed by atoms with Crippen molar-refractivity contribution in [1.29, 1.82) is 0 Å². The molecule has 136 valence electrons. The number of carboxylic acids is 1. The van der Waals surface area contributed by atoms with E-state index in [1.165, 1.54) is 17.1 Å². The van der Waals surface area contributed by atoms with Crippen LogP contribution in [0.4, 0.5) is 5.69 Å². The number of hydrogen-bond donors (Lipinski definition) is 1. The van der Waals surface area contributed by atoms with E-state index in [0.717, 1.165) is 5.56 Å². The Morgan fingerprint density at radius 3 is 2.67 bits per heavy atom. The Kier molecular flexibility index (Phi) is 5.17. The third-order valence-corrected chi connectivity index (χ3v) is 3.96. The molecule has 1 aliphatic rings. The van der Waals surface area contributed by atoms with E-state index in [-0.39, 0.29) is 11.5 Å². The minimum Gasteiger partial charge on any atom is -0.490 e. The molecule has 6 heteroatoms. The second-order valence-electron chi connectivity index (χ2n) is 5.88. The van der Waals surface area contributed by atoms with Gasteiger partial charge in [0.25, 0.3) is 5.91 Å². The van der Waals surface area contributed by atoms with Crippen molar-refractivity contribution >= 4 is 29.4 Å². The third kappa shape index (κ3) is 3.95. The van der Waals surface area contributed by atoms with Crippen LogP contribution in [0.5, 0.6) is 5.75 Å². The molecule has 1 amide bonds. The lowest BCUT2D eigenvalue weighted by atomic mass is 10.1. The maximum absolute atomic E-state index is 12.8. The van der Waals surface area contributed by atoms with Gasteiger partial charge in [0.05, 0.1) is 22.5 Å². The Morgan fingerprint density at radius 1 is 1.26 bits per heavy atom. The summed E-state index contributed by atoms with van der Waals surface area (Å²) < 4.78 is 5.44. The van der Waals surface area contributed by atoms with Gasteiger partial charge in [0.1, 0.15) is 12.4 Å². The van der Waals surface area contributed by atoms with Gasteiger partial charge in [-0.25, -0.2) is 4.79 Å². The molecule has 0 bridgehead atoms. The van der Waals surface area contributed by atoms with E-state index >= 15 is 0 Å². The molecule has 2 aromatic carbocycles. The van der Waals surface area contributed by atoms with Crippen molar-refractivity contribution in [3.63, 3.8) is 0 Å². The SMILES string of the molecule is C=CCOc1ccc(/C=C2\C(=O)N(c3cccc(C(=O)O)c3)N=C2C)cc1. The summed E-state index contributed by atoms with van der Waals surface area (Å²) in [7, 11) is 0. The number of hydrazone groups is 1. The summed E-state index contributed by atoms with van der Waals surface area (Å²) in [5.74, 6) is -0.645. The molecule has 2 aromatic rings. The van der Waals surface area contributed by atoms with Crippen LogP contribution in [0.3, 0.4) is 0 Å². The highest BCUT2D eigenvalue weighted by Gasteiger charge is 2.29. The van der Waals surface area contributed by atoms with Crippen molar-refractivity contribution in [3.8, 4) is 5.75 Å². The first-order valence-corrected chi connectivity index (χ1v) is 8.28. The molecule has 0 unspecified atom stereocenters. The molecule has 1 aliphatic heterocycles. The topological polar surface area (TPSA) is 79.2 Å². The van der Waals surface area contributed by atoms with Crippen LogP contribution in [0.15, 0.2) is 71.9 Å². The Labute approximate surface area is 156 Å². The maximum Gasteiger partial charge on any atom is 0.335 e. The quantitative estimate of drug-likeness (QED) is 0.627. The van der Waals surface area contributed by atoms with Gasteiger partial charge in [0, 0.05) is 0 Å². The van der Waals surface area contributed by atoms with Crippen molar-refractivity contribution < 1.29 is 19.4 Å². The van der Waals surface area contributed by atoms with Crippen molar-refractivity contribution in [3.05, 3.63) is 77.9 Å². The van der Waals surface area contributed by atoms with Crippen molar-refractivity contribution in [2.75, 3.05) is 11.6 Å². The first kappa shape index (κ1) is 18.1. The van der Waals surface area contributed by atoms with Gasteiger partial charge in [-0.1, -0.05) is 30.9 Å². The second kappa shape index (κ2) is 7.70. The number of hydrogen-bond acceptors (Lipinski definition) is 4. The maximum atomic E-state index is 12.8. The lowest BCUT2D eigenvalue weighted by molar-refractivity contribution is -0.114. The average Bonchev–Trinajstić information content (AvgIpc) is 2.95. The monoisotopic (exact) mass is 362 g/mol. The number of amides is 1. The first-order valence-electron chi connectivity index (χ1n) is 8.28. The lowest BCUT2D eigenvalue weighted by Crippen LogP contribution is -2.21. The summed E-state index contributed by atoms with van der Waals surface area (Å²) in [4.78, 5) is 23.9. The lowest BCUT2D eigenvalue weighted by Gasteiger charge is -2.12. The summed E-state index contributed by atoms with van der Waals surface area (Å²) in [6.07, 6.45) is 3.42. The van der Waals surface area contributed by atoms with Crippen LogP contribution in [0.1, 0.15) is 22.8 Å². The normalized spacial score (nSPS) is 15.0. The standard InChI is InChI=1S/C21H18N2O4/c1-3-11-27-18-9-7-15(8-10-18)12-19-14(2)22-23(20(19)24)17-6-4-5-16(13-17)21(25)26/h3-10,12-13H,1,11H2,2H3,(H,25,26)/b19-12-. The predicted octanol–water partition coefficient (Wildman–Crippen LogP) is 3.76. The van der Waals surface area contributed by atoms with Gasteiger partial charge in [-0.3, -0.25) is 4.79 Å². The first-order chi connectivity index (χ1) is 13.0. The molecule has 0 fully saturated rings. The van der Waals surface area contributed by atoms with Gasteiger partial charge >= 0.3 is 5.97 Å². The minimum absolute atomic E-state index is 0.0979. The summed E-state index contributed by atoms with van der Waals surface area (Å²) in [5.41, 5.74) is 2.36. The largest absolute Gasteiger partial charge is 0.490 e. The van der Waals surface area contributed by atoms with E-state index in [4.69, 9.17) is 9.84 Å². The van der Waals surface area contributed by atoms with Crippen LogP contribution in [-0.2, 0) is 4.79 Å². The van der Waals surface area contributed by atoms with Gasteiger partial charge in [0.2, 0.25) is 0 Å². The average molecular weight is 362 g/mol. The summed E-state index contributed by atoms with van der Waals surface area (Å²) >= 11 is 0. The zero-order valence-electron chi connectivity index (χ0n) is 14.8. The molecular formula is C21H18N2O4. The van der Waals surface area contributed by atoms with Gasteiger partial charge in [0.15, 0.2) is 0 Å². The molecular weight excluding hydrogens is 344 g/mol. The van der Waals surface area contributed by atoms with Gasteiger partial charge < -0.3 is 9.84 Å². The van der Waals surface area contributed by atoms with Crippen LogP contribution in [0.25, 0.3) is 6.08 Å². The van der Waals surface area contributed by atoms with Crippen LogP contribution in [-0.4, -0.2) is 29.3 Å². The molecule has 6 nitrogen and oxygen atoms in total. The molecule has 0 aliphatic carbocycles. The highest BCUT2D eigenvalue weighted by atomic mass is 16.5. The number of carbonyl (C=O) groups is 2. The fourth-order valence-corrected chi connectivity index (χ4v) is 2.61. The van der Waals surface area contributed by atoms with Crippen molar-refractivity contribution in [2.24, 2.45) is 5.10 Å². The molecule has 1 N–H and O–H groups in total. The van der Waals surface area contributed by atoms with Crippen molar-refractivity contribution in [2.45, 2.75) is 6.92 Å². The second-order valence-corrected chi connectivity index (χ2v) is 5.88. The number of ether oxygens (including phenoxy) is 1. The molecule has 0 radical (unpaired) electrons. The molecule has 1 heterocycles. The van der Waals surface area contributed by atoms with Crippen LogP contribution < -0.4 is 9.75 Å². The Morgan fingerprint density at radius 2 is 2.00 bits per heavy atom. The fraction of sp³-hybridized carbons (Fsp3) is 0.0952. The fourth-order valence-electron chi connectivity index (χ4n) is 2.61. The van der Waals surface area contributed by atoms with Gasteiger partial charge in [-0.15, -0.1) is 0 Å². The highest BCUT2D eigenvalue weighted by molar-refractivity contribution is 6.32. The zero-order chi connectivity index (χ0) is 19.4. The van der Waals surface area contributed by atoms with Crippen LogP contribution in [0.2, 0.25) is 0 Å². The molecule has 0 spiro atoms. The number of benzene rings is 2.